The SMILES string of the molecule is O=S(=O)(N1CCN(c2ccccc2)CC1)N1CCNc2ccccc21. The minimum Gasteiger partial charge on any atom is -0.382 e. The predicted molar refractivity (Wildman–Crippen MR) is 101 cm³/mol. The first-order chi connectivity index (χ1) is 12.2. The predicted octanol–water partition coefficient (Wildman–Crippen LogP) is 1.99. The smallest absolute Gasteiger partial charge is 0.304 e. The van der Waals surface area contributed by atoms with E-state index >= 15 is 0 Å². The third-order valence-corrected chi connectivity index (χ3v) is 6.72. The number of anilines is 3. The Balaban J connectivity index is 1.51. The Kier molecular flexibility index (Phi) is 4.27. The first-order valence-electron chi connectivity index (χ1n) is 8.57. The first kappa shape index (κ1) is 16.2. The highest BCUT2D eigenvalue weighted by Gasteiger charge is 2.34. The van der Waals surface area contributed by atoms with Gasteiger partial charge in [-0.15, -0.1) is 0 Å². The molecule has 2 aliphatic rings. The van der Waals surface area contributed by atoms with Crippen LogP contribution in [0.3, 0.4) is 0 Å². The van der Waals surface area contributed by atoms with Gasteiger partial charge in [0.25, 0.3) is 0 Å². The molecule has 0 aliphatic carbocycles. The molecule has 7 heteroatoms. The summed E-state index contributed by atoms with van der Waals surface area (Å²) in [6.45, 7) is 3.50. The van der Waals surface area contributed by atoms with E-state index in [9.17, 15) is 8.42 Å². The Hall–Kier alpha value is -2.25. The number of hydrogen-bond donors (Lipinski definition) is 1. The van der Waals surface area contributed by atoms with Crippen LogP contribution in [0.1, 0.15) is 0 Å². The number of piperazine rings is 1. The van der Waals surface area contributed by atoms with E-state index in [-0.39, 0.29) is 0 Å². The molecular weight excluding hydrogens is 336 g/mol. The molecule has 0 aromatic heterocycles. The molecule has 0 radical (unpaired) electrons. The summed E-state index contributed by atoms with van der Waals surface area (Å²) in [5.74, 6) is 0. The Bertz CT molecular complexity index is 833. The van der Waals surface area contributed by atoms with E-state index in [1.807, 2.05) is 42.5 Å². The topological polar surface area (TPSA) is 55.9 Å². The molecule has 2 aliphatic heterocycles. The lowest BCUT2D eigenvalue weighted by molar-refractivity contribution is 0.383. The molecule has 132 valence electrons. The van der Waals surface area contributed by atoms with Crippen LogP contribution >= 0.6 is 0 Å². The fourth-order valence-electron chi connectivity index (χ4n) is 3.45. The molecule has 0 unspecified atom stereocenters. The van der Waals surface area contributed by atoms with Crippen molar-refractivity contribution in [2.24, 2.45) is 0 Å². The van der Waals surface area contributed by atoms with Gasteiger partial charge in [-0.2, -0.15) is 12.7 Å². The first-order valence-corrected chi connectivity index (χ1v) is 9.97. The molecule has 0 spiro atoms. The van der Waals surface area contributed by atoms with Gasteiger partial charge in [-0.05, 0) is 24.3 Å². The highest BCUT2D eigenvalue weighted by Crippen LogP contribution is 2.32. The van der Waals surface area contributed by atoms with Gasteiger partial charge in [-0.25, -0.2) is 0 Å². The molecule has 2 aromatic carbocycles. The van der Waals surface area contributed by atoms with Gasteiger partial charge >= 0.3 is 10.2 Å². The minimum atomic E-state index is -3.50. The Labute approximate surface area is 148 Å². The van der Waals surface area contributed by atoms with E-state index in [2.05, 4.69) is 22.3 Å². The maximum Gasteiger partial charge on any atom is 0.304 e. The fraction of sp³-hybridized carbons (Fsp3) is 0.333. The van der Waals surface area contributed by atoms with Gasteiger partial charge in [-0.1, -0.05) is 30.3 Å². The maximum atomic E-state index is 13.2. The molecule has 0 bridgehead atoms. The number of nitrogens with one attached hydrogen (secondary N) is 1. The van der Waals surface area contributed by atoms with E-state index in [1.165, 1.54) is 4.31 Å². The van der Waals surface area contributed by atoms with E-state index in [0.717, 1.165) is 17.1 Å². The van der Waals surface area contributed by atoms with Crippen molar-refractivity contribution >= 4 is 27.3 Å². The molecule has 2 heterocycles. The highest BCUT2D eigenvalue weighted by molar-refractivity contribution is 7.90. The monoisotopic (exact) mass is 358 g/mol. The summed E-state index contributed by atoms with van der Waals surface area (Å²) in [7, 11) is -3.50. The van der Waals surface area contributed by atoms with Gasteiger partial charge in [0.05, 0.1) is 17.9 Å². The zero-order valence-corrected chi connectivity index (χ0v) is 14.8. The molecule has 2 aromatic rings. The Morgan fingerprint density at radius 1 is 0.800 bits per heavy atom. The van der Waals surface area contributed by atoms with Crippen molar-refractivity contribution in [1.82, 2.24) is 4.31 Å². The van der Waals surface area contributed by atoms with Crippen LogP contribution in [0.4, 0.5) is 17.1 Å². The van der Waals surface area contributed by atoms with E-state index in [1.54, 1.807) is 4.31 Å². The van der Waals surface area contributed by atoms with Crippen LogP contribution in [0.2, 0.25) is 0 Å². The summed E-state index contributed by atoms with van der Waals surface area (Å²) in [5, 5.41) is 3.26. The van der Waals surface area contributed by atoms with Crippen molar-refractivity contribution in [3.63, 3.8) is 0 Å². The third kappa shape index (κ3) is 3.05. The number of hydrogen-bond acceptors (Lipinski definition) is 4. The number of fused-ring (bicyclic) bond motifs is 1. The average molecular weight is 358 g/mol. The minimum absolute atomic E-state index is 0.457. The van der Waals surface area contributed by atoms with Gasteiger partial charge in [-0.3, -0.25) is 4.31 Å². The van der Waals surface area contributed by atoms with Crippen LogP contribution in [0.15, 0.2) is 54.6 Å². The van der Waals surface area contributed by atoms with Crippen LogP contribution in [0.5, 0.6) is 0 Å². The average Bonchev–Trinajstić information content (AvgIpc) is 2.68. The largest absolute Gasteiger partial charge is 0.382 e. The number of rotatable bonds is 3. The van der Waals surface area contributed by atoms with Crippen LogP contribution in [-0.2, 0) is 10.2 Å². The van der Waals surface area contributed by atoms with E-state index < -0.39 is 10.2 Å². The van der Waals surface area contributed by atoms with Crippen molar-refractivity contribution in [3.05, 3.63) is 54.6 Å². The van der Waals surface area contributed by atoms with Gasteiger partial charge in [0.2, 0.25) is 0 Å². The second-order valence-corrected chi connectivity index (χ2v) is 8.10. The van der Waals surface area contributed by atoms with Crippen LogP contribution in [0.25, 0.3) is 0 Å². The zero-order valence-electron chi connectivity index (χ0n) is 14.0. The zero-order chi connectivity index (χ0) is 17.3. The van der Waals surface area contributed by atoms with Crippen molar-refractivity contribution in [2.75, 3.05) is 53.8 Å². The van der Waals surface area contributed by atoms with Crippen molar-refractivity contribution in [1.29, 1.82) is 0 Å². The summed E-state index contributed by atoms with van der Waals surface area (Å²) in [4.78, 5) is 2.23. The molecule has 25 heavy (non-hydrogen) atoms. The third-order valence-electron chi connectivity index (χ3n) is 4.77. The number of para-hydroxylation sites is 3. The van der Waals surface area contributed by atoms with Crippen molar-refractivity contribution in [2.45, 2.75) is 0 Å². The number of benzene rings is 2. The molecule has 0 saturated carbocycles. The number of nitrogens with zero attached hydrogens (tertiary/aromatic N) is 3. The summed E-state index contributed by atoms with van der Waals surface area (Å²) in [5.41, 5.74) is 2.76. The standard InChI is InChI=1S/C18H22N4O2S/c23-25(24,22-11-10-19-17-8-4-5-9-18(17)22)21-14-12-20(13-15-21)16-6-2-1-3-7-16/h1-9,19H,10-15H2. The quantitative estimate of drug-likeness (QED) is 0.912. The Morgan fingerprint density at radius 2 is 1.48 bits per heavy atom. The lowest BCUT2D eigenvalue weighted by Gasteiger charge is -2.39. The molecule has 1 fully saturated rings. The molecule has 0 atom stereocenters. The van der Waals surface area contributed by atoms with Gasteiger partial charge in [0.1, 0.15) is 0 Å². The van der Waals surface area contributed by atoms with E-state index in [0.29, 0.717) is 39.3 Å². The van der Waals surface area contributed by atoms with Crippen molar-refractivity contribution < 1.29 is 8.42 Å². The molecule has 1 saturated heterocycles. The lowest BCUT2D eigenvalue weighted by atomic mass is 10.2. The van der Waals surface area contributed by atoms with Crippen LogP contribution < -0.4 is 14.5 Å². The Morgan fingerprint density at radius 3 is 2.24 bits per heavy atom. The van der Waals surface area contributed by atoms with Gasteiger partial charge in [0, 0.05) is 38.4 Å². The van der Waals surface area contributed by atoms with Gasteiger partial charge < -0.3 is 10.2 Å². The van der Waals surface area contributed by atoms with E-state index in [4.69, 9.17) is 0 Å². The van der Waals surface area contributed by atoms with Crippen LogP contribution in [-0.4, -0.2) is 52.0 Å². The van der Waals surface area contributed by atoms with Gasteiger partial charge in [0.15, 0.2) is 0 Å². The molecule has 6 nitrogen and oxygen atoms in total. The molecule has 1 N–H and O–H groups in total. The summed E-state index contributed by atoms with van der Waals surface area (Å²) in [6, 6.07) is 17.7. The molecule has 4 rings (SSSR count). The summed E-state index contributed by atoms with van der Waals surface area (Å²) < 4.78 is 29.4. The fourth-order valence-corrected chi connectivity index (χ4v) is 5.08. The normalized spacial score (nSPS) is 18.6. The molecule has 0 amide bonds. The summed E-state index contributed by atoms with van der Waals surface area (Å²) >= 11 is 0. The van der Waals surface area contributed by atoms with Crippen molar-refractivity contribution in [3.8, 4) is 0 Å². The lowest BCUT2D eigenvalue weighted by Crippen LogP contribution is -2.54. The summed E-state index contributed by atoms with van der Waals surface area (Å²) in [6.07, 6.45) is 0. The highest BCUT2D eigenvalue weighted by atomic mass is 32.2. The molecular formula is C18H22N4O2S. The second kappa shape index (κ2) is 6.57. The maximum absolute atomic E-state index is 13.2. The van der Waals surface area contributed by atoms with Crippen LogP contribution in [0, 0.1) is 0 Å². The second-order valence-electron chi connectivity index (χ2n) is 6.25.